The number of amides is 4. The van der Waals surface area contributed by atoms with E-state index in [2.05, 4.69) is 0 Å². The summed E-state index contributed by atoms with van der Waals surface area (Å²) in [6.07, 6.45) is 1.97. The molecule has 2 aromatic carbocycles. The Balaban J connectivity index is 1.82. The van der Waals surface area contributed by atoms with Gasteiger partial charge in [0.15, 0.2) is 0 Å². The second kappa shape index (κ2) is 6.98. The van der Waals surface area contributed by atoms with E-state index in [9.17, 15) is 14.4 Å². The van der Waals surface area contributed by atoms with Gasteiger partial charge >= 0.3 is 17.8 Å². The van der Waals surface area contributed by atoms with Crippen molar-refractivity contribution in [2.75, 3.05) is 18.3 Å². The number of anilines is 1. The van der Waals surface area contributed by atoms with E-state index in [1.807, 2.05) is 30.5 Å². The van der Waals surface area contributed by atoms with Gasteiger partial charge in [0.1, 0.15) is 5.75 Å². The highest BCUT2D eigenvalue weighted by atomic mass is 32.2. The lowest BCUT2D eigenvalue weighted by Gasteiger charge is -2.16. The van der Waals surface area contributed by atoms with Crippen LogP contribution in [0.5, 0.6) is 5.75 Å². The van der Waals surface area contributed by atoms with Crippen LogP contribution in [-0.2, 0) is 16.1 Å². The summed E-state index contributed by atoms with van der Waals surface area (Å²) in [6, 6.07) is 13.3. The molecule has 4 amide bonds. The molecule has 1 aliphatic heterocycles. The van der Waals surface area contributed by atoms with E-state index >= 15 is 0 Å². The summed E-state index contributed by atoms with van der Waals surface area (Å²) in [5.41, 5.74) is 1.12. The van der Waals surface area contributed by atoms with Crippen LogP contribution in [0.2, 0.25) is 0 Å². The van der Waals surface area contributed by atoms with E-state index in [1.165, 1.54) is 7.11 Å². The fraction of sp³-hybridized carbons (Fsp3) is 0.167. The van der Waals surface area contributed by atoms with Gasteiger partial charge in [-0.1, -0.05) is 12.1 Å². The number of urea groups is 1. The van der Waals surface area contributed by atoms with Gasteiger partial charge in [0, 0.05) is 4.90 Å². The van der Waals surface area contributed by atoms with Crippen LogP contribution in [0.15, 0.2) is 53.4 Å². The molecule has 7 heteroatoms. The summed E-state index contributed by atoms with van der Waals surface area (Å²) in [4.78, 5) is 40.0. The molecule has 0 unspecified atom stereocenters. The third-order valence-corrected chi connectivity index (χ3v) is 4.63. The molecule has 1 heterocycles. The molecule has 0 aromatic heterocycles. The van der Waals surface area contributed by atoms with Crippen LogP contribution in [0.1, 0.15) is 5.56 Å². The minimum absolute atomic E-state index is 0.0602. The zero-order valence-electron chi connectivity index (χ0n) is 13.8. The molecule has 1 fully saturated rings. The summed E-state index contributed by atoms with van der Waals surface area (Å²) in [7, 11) is 1.52. The Morgan fingerprint density at radius 1 is 0.920 bits per heavy atom. The molecule has 0 bridgehead atoms. The van der Waals surface area contributed by atoms with Crippen LogP contribution in [0, 0.1) is 0 Å². The maximum absolute atomic E-state index is 12.6. The van der Waals surface area contributed by atoms with Crippen LogP contribution < -0.4 is 9.64 Å². The molecule has 3 rings (SSSR count). The van der Waals surface area contributed by atoms with Gasteiger partial charge in [0.2, 0.25) is 0 Å². The molecular formula is C18H16N2O4S. The molecule has 6 nitrogen and oxygen atoms in total. The number of rotatable bonds is 5. The number of hydrogen-bond acceptors (Lipinski definition) is 5. The van der Waals surface area contributed by atoms with Crippen LogP contribution in [0.3, 0.4) is 0 Å². The Morgan fingerprint density at radius 3 is 2.12 bits per heavy atom. The highest BCUT2D eigenvalue weighted by Crippen LogP contribution is 2.26. The van der Waals surface area contributed by atoms with E-state index < -0.39 is 17.8 Å². The Hall–Kier alpha value is -2.80. The zero-order valence-corrected chi connectivity index (χ0v) is 14.6. The van der Waals surface area contributed by atoms with Crippen molar-refractivity contribution >= 4 is 35.3 Å². The van der Waals surface area contributed by atoms with Gasteiger partial charge in [-0.25, -0.2) is 9.69 Å². The summed E-state index contributed by atoms with van der Waals surface area (Å²) in [6.45, 7) is 0.0602. The highest BCUT2D eigenvalue weighted by molar-refractivity contribution is 7.98. The largest absolute Gasteiger partial charge is 0.497 e. The number of hydrogen-bond donors (Lipinski definition) is 0. The number of carbonyl (C=O) groups is 3. The predicted octanol–water partition coefficient (Wildman–Crippen LogP) is 2.91. The van der Waals surface area contributed by atoms with Gasteiger partial charge in [-0.15, -0.1) is 11.8 Å². The molecule has 0 N–H and O–H groups in total. The van der Waals surface area contributed by atoms with Crippen molar-refractivity contribution in [3.05, 3.63) is 54.1 Å². The molecule has 0 spiro atoms. The number of benzene rings is 2. The van der Waals surface area contributed by atoms with Crippen molar-refractivity contribution in [3.8, 4) is 5.75 Å². The smallest absolute Gasteiger partial charge is 0.339 e. The minimum Gasteiger partial charge on any atom is -0.497 e. The lowest BCUT2D eigenvalue weighted by atomic mass is 10.2. The van der Waals surface area contributed by atoms with Crippen molar-refractivity contribution < 1.29 is 19.1 Å². The molecule has 0 radical (unpaired) electrons. The average Bonchev–Trinajstić information content (AvgIpc) is 2.86. The van der Waals surface area contributed by atoms with Gasteiger partial charge in [-0.2, -0.15) is 0 Å². The first-order chi connectivity index (χ1) is 12.0. The van der Waals surface area contributed by atoms with Gasteiger partial charge in [0.25, 0.3) is 0 Å². The average molecular weight is 356 g/mol. The maximum atomic E-state index is 12.6. The highest BCUT2D eigenvalue weighted by Gasteiger charge is 2.45. The van der Waals surface area contributed by atoms with Gasteiger partial charge < -0.3 is 4.74 Å². The van der Waals surface area contributed by atoms with Crippen molar-refractivity contribution in [3.63, 3.8) is 0 Å². The van der Waals surface area contributed by atoms with Crippen molar-refractivity contribution in [2.24, 2.45) is 0 Å². The molecule has 0 atom stereocenters. The summed E-state index contributed by atoms with van der Waals surface area (Å²) in [5, 5.41) is 0. The zero-order chi connectivity index (χ0) is 18.0. The lowest BCUT2D eigenvalue weighted by Crippen LogP contribution is -2.33. The Morgan fingerprint density at radius 2 is 1.56 bits per heavy atom. The number of carbonyl (C=O) groups excluding carboxylic acids is 3. The third-order valence-electron chi connectivity index (χ3n) is 3.88. The number of methoxy groups -OCH3 is 1. The van der Waals surface area contributed by atoms with E-state index in [4.69, 9.17) is 4.74 Å². The molecule has 2 aromatic rings. The summed E-state index contributed by atoms with van der Waals surface area (Å²) >= 11 is 1.60. The Kier molecular flexibility index (Phi) is 4.76. The first-order valence-corrected chi connectivity index (χ1v) is 8.74. The quantitative estimate of drug-likeness (QED) is 0.468. The number of thioether (sulfide) groups is 1. The summed E-state index contributed by atoms with van der Waals surface area (Å²) < 4.78 is 5.06. The van der Waals surface area contributed by atoms with Gasteiger partial charge in [-0.05, 0) is 48.2 Å². The monoisotopic (exact) mass is 356 g/mol. The van der Waals surface area contributed by atoms with Gasteiger partial charge in [0.05, 0.1) is 19.3 Å². The van der Waals surface area contributed by atoms with Crippen LogP contribution in [0.25, 0.3) is 0 Å². The second-order valence-electron chi connectivity index (χ2n) is 5.36. The standard InChI is InChI=1S/C18H16N2O4S/c1-24-14-7-5-13(6-8-14)20-17(22)16(21)19(18(20)23)11-12-3-9-15(25-2)10-4-12/h3-10H,11H2,1-2H3. The van der Waals surface area contributed by atoms with E-state index in [0.717, 1.165) is 20.3 Å². The van der Waals surface area contributed by atoms with Crippen LogP contribution in [-0.4, -0.2) is 36.1 Å². The molecule has 1 saturated heterocycles. The van der Waals surface area contributed by atoms with E-state index in [0.29, 0.717) is 11.4 Å². The molecular weight excluding hydrogens is 340 g/mol. The first kappa shape index (κ1) is 17.0. The number of ether oxygens (including phenoxy) is 1. The van der Waals surface area contributed by atoms with Crippen molar-refractivity contribution in [1.29, 1.82) is 0 Å². The Bertz CT molecular complexity index is 818. The van der Waals surface area contributed by atoms with E-state index in [1.54, 1.807) is 36.0 Å². The Labute approximate surface area is 149 Å². The lowest BCUT2D eigenvalue weighted by molar-refractivity contribution is -0.139. The molecule has 0 saturated carbocycles. The second-order valence-corrected chi connectivity index (χ2v) is 6.24. The van der Waals surface area contributed by atoms with Crippen molar-refractivity contribution in [2.45, 2.75) is 11.4 Å². The van der Waals surface area contributed by atoms with Crippen molar-refractivity contribution in [1.82, 2.24) is 4.90 Å². The third kappa shape index (κ3) is 3.23. The SMILES string of the molecule is COc1ccc(N2C(=O)C(=O)N(Cc3ccc(SC)cc3)C2=O)cc1. The number of nitrogens with zero attached hydrogens (tertiary/aromatic N) is 2. The maximum Gasteiger partial charge on any atom is 0.339 e. The molecule has 25 heavy (non-hydrogen) atoms. The van der Waals surface area contributed by atoms with Crippen LogP contribution >= 0.6 is 11.8 Å². The first-order valence-electron chi connectivity index (χ1n) is 7.52. The predicted molar refractivity (Wildman–Crippen MR) is 94.6 cm³/mol. The molecule has 0 aliphatic carbocycles. The topological polar surface area (TPSA) is 66.9 Å². The summed E-state index contributed by atoms with van der Waals surface area (Å²) in [5.74, 6) is -1.08. The normalized spacial score (nSPS) is 14.4. The number of imide groups is 2. The fourth-order valence-electron chi connectivity index (χ4n) is 2.52. The fourth-order valence-corrected chi connectivity index (χ4v) is 2.93. The van der Waals surface area contributed by atoms with Gasteiger partial charge in [-0.3, -0.25) is 14.5 Å². The molecule has 1 aliphatic rings. The molecule has 128 valence electrons. The van der Waals surface area contributed by atoms with E-state index in [-0.39, 0.29) is 6.54 Å². The van der Waals surface area contributed by atoms with Crippen LogP contribution in [0.4, 0.5) is 10.5 Å². The minimum atomic E-state index is -0.851.